The topological polar surface area (TPSA) is 46.3 Å². The molecule has 0 bridgehead atoms. The maximum atomic E-state index is 11.5. The van der Waals surface area contributed by atoms with E-state index in [1.165, 1.54) is 0 Å². The van der Waals surface area contributed by atoms with Gasteiger partial charge in [-0.05, 0) is 12.8 Å². The summed E-state index contributed by atoms with van der Waals surface area (Å²) in [4.78, 5) is 13.1. The van der Waals surface area contributed by atoms with Crippen LogP contribution in [0.4, 0.5) is 0 Å². The normalized spacial score (nSPS) is 15.4. The Morgan fingerprint density at radius 2 is 2.00 bits per heavy atom. The molecular formula is C9H20N2O. The van der Waals surface area contributed by atoms with Gasteiger partial charge in [0.2, 0.25) is 5.91 Å². The molecule has 0 rings (SSSR count). The van der Waals surface area contributed by atoms with Gasteiger partial charge in [-0.15, -0.1) is 0 Å². The summed E-state index contributed by atoms with van der Waals surface area (Å²) < 4.78 is 0. The smallest absolute Gasteiger partial charge is 0.239 e. The third-order valence-electron chi connectivity index (χ3n) is 2.39. The number of hydrogen-bond donors (Lipinski definition) is 1. The molecule has 0 heterocycles. The van der Waals surface area contributed by atoms with Gasteiger partial charge < -0.3 is 10.6 Å². The highest BCUT2D eigenvalue weighted by Crippen LogP contribution is 2.07. The van der Waals surface area contributed by atoms with Crippen molar-refractivity contribution in [3.8, 4) is 0 Å². The number of nitrogens with two attached hydrogens (primary N) is 1. The van der Waals surface area contributed by atoms with Gasteiger partial charge in [0, 0.05) is 13.6 Å². The van der Waals surface area contributed by atoms with Crippen molar-refractivity contribution >= 4 is 5.91 Å². The summed E-state index contributed by atoms with van der Waals surface area (Å²) in [6, 6.07) is -0.333. The Morgan fingerprint density at radius 3 is 2.33 bits per heavy atom. The number of nitrogens with zero attached hydrogens (tertiary/aromatic N) is 1. The zero-order valence-electron chi connectivity index (χ0n) is 8.50. The second-order valence-corrected chi connectivity index (χ2v) is 3.26. The quantitative estimate of drug-likeness (QED) is 0.683. The molecule has 0 aromatic carbocycles. The van der Waals surface area contributed by atoms with Crippen molar-refractivity contribution in [3.63, 3.8) is 0 Å². The molecular weight excluding hydrogens is 152 g/mol. The van der Waals surface area contributed by atoms with Crippen LogP contribution in [-0.4, -0.2) is 30.4 Å². The second kappa shape index (κ2) is 5.14. The minimum atomic E-state index is -0.333. The van der Waals surface area contributed by atoms with E-state index in [2.05, 4.69) is 0 Å². The molecule has 2 N–H and O–H groups in total. The van der Waals surface area contributed by atoms with E-state index in [-0.39, 0.29) is 17.9 Å². The number of carbonyl (C=O) groups excluding carboxylic acids is 1. The van der Waals surface area contributed by atoms with Gasteiger partial charge in [0.15, 0.2) is 0 Å². The molecule has 0 radical (unpaired) electrons. The average molecular weight is 172 g/mol. The molecule has 2 atom stereocenters. The molecule has 0 saturated heterocycles. The zero-order valence-corrected chi connectivity index (χ0v) is 8.50. The van der Waals surface area contributed by atoms with E-state index in [1.54, 1.807) is 11.9 Å². The van der Waals surface area contributed by atoms with Crippen molar-refractivity contribution in [3.05, 3.63) is 0 Å². The minimum absolute atomic E-state index is 0.0480. The average Bonchev–Trinajstić information content (AvgIpc) is 2.12. The van der Waals surface area contributed by atoms with Gasteiger partial charge in [0.05, 0.1) is 6.04 Å². The van der Waals surface area contributed by atoms with Crippen LogP contribution < -0.4 is 5.73 Å². The number of hydrogen-bond acceptors (Lipinski definition) is 2. The first-order valence-corrected chi connectivity index (χ1v) is 4.55. The highest BCUT2D eigenvalue weighted by atomic mass is 16.2. The predicted octanol–water partition coefficient (Wildman–Crippen LogP) is 0.838. The molecule has 0 aliphatic heterocycles. The van der Waals surface area contributed by atoms with Crippen molar-refractivity contribution in [2.45, 2.75) is 33.2 Å². The van der Waals surface area contributed by atoms with Crippen LogP contribution in [0.25, 0.3) is 0 Å². The van der Waals surface area contributed by atoms with E-state index in [0.29, 0.717) is 0 Å². The van der Waals surface area contributed by atoms with Crippen molar-refractivity contribution in [1.82, 2.24) is 4.90 Å². The van der Waals surface area contributed by atoms with Crippen LogP contribution >= 0.6 is 0 Å². The van der Waals surface area contributed by atoms with Gasteiger partial charge in [0.25, 0.3) is 0 Å². The summed E-state index contributed by atoms with van der Waals surface area (Å²) in [5.41, 5.74) is 5.76. The number of carbonyl (C=O) groups is 1. The summed E-state index contributed by atoms with van der Waals surface area (Å²) in [6.07, 6.45) is 0.949. The van der Waals surface area contributed by atoms with Crippen LogP contribution in [0.1, 0.15) is 27.2 Å². The first-order valence-electron chi connectivity index (χ1n) is 4.55. The zero-order chi connectivity index (χ0) is 9.72. The minimum Gasteiger partial charge on any atom is -0.345 e. The SMILES string of the molecule is CCC(C)[C@H](N)C(=O)N(C)CC. The van der Waals surface area contributed by atoms with E-state index in [9.17, 15) is 4.79 Å². The molecule has 0 spiro atoms. The Kier molecular flexibility index (Phi) is 4.90. The molecule has 0 aliphatic rings. The molecule has 12 heavy (non-hydrogen) atoms. The summed E-state index contributed by atoms with van der Waals surface area (Å²) in [6.45, 7) is 6.72. The Morgan fingerprint density at radius 1 is 1.50 bits per heavy atom. The van der Waals surface area contributed by atoms with Gasteiger partial charge in [0.1, 0.15) is 0 Å². The number of rotatable bonds is 4. The van der Waals surface area contributed by atoms with Crippen LogP contribution in [0.15, 0.2) is 0 Å². The maximum absolute atomic E-state index is 11.5. The van der Waals surface area contributed by atoms with Crippen LogP contribution in [0.3, 0.4) is 0 Å². The molecule has 0 aromatic heterocycles. The molecule has 0 aromatic rings. The lowest BCUT2D eigenvalue weighted by Crippen LogP contribution is -2.45. The molecule has 0 saturated carbocycles. The Hall–Kier alpha value is -0.570. The van der Waals surface area contributed by atoms with Crippen molar-refractivity contribution in [2.24, 2.45) is 11.7 Å². The summed E-state index contributed by atoms with van der Waals surface area (Å²) in [5.74, 6) is 0.318. The fraction of sp³-hybridized carbons (Fsp3) is 0.889. The van der Waals surface area contributed by atoms with E-state index in [4.69, 9.17) is 5.73 Å². The third kappa shape index (κ3) is 2.81. The summed E-state index contributed by atoms with van der Waals surface area (Å²) >= 11 is 0. The largest absolute Gasteiger partial charge is 0.345 e. The van der Waals surface area contributed by atoms with Crippen LogP contribution in [0, 0.1) is 5.92 Å². The van der Waals surface area contributed by atoms with E-state index < -0.39 is 0 Å². The van der Waals surface area contributed by atoms with Crippen LogP contribution in [-0.2, 0) is 4.79 Å². The standard InChI is InChI=1S/C9H20N2O/c1-5-7(3)8(10)9(12)11(4)6-2/h7-8H,5-6,10H2,1-4H3/t7?,8-/m0/s1. The molecule has 0 fully saturated rings. The van der Waals surface area contributed by atoms with Crippen molar-refractivity contribution in [1.29, 1.82) is 0 Å². The third-order valence-corrected chi connectivity index (χ3v) is 2.39. The van der Waals surface area contributed by atoms with Gasteiger partial charge in [-0.2, -0.15) is 0 Å². The highest BCUT2D eigenvalue weighted by molar-refractivity contribution is 5.81. The van der Waals surface area contributed by atoms with Crippen molar-refractivity contribution < 1.29 is 4.79 Å². The molecule has 1 amide bonds. The Bertz CT molecular complexity index is 147. The Balaban J connectivity index is 4.09. The molecule has 0 aliphatic carbocycles. The highest BCUT2D eigenvalue weighted by Gasteiger charge is 2.21. The maximum Gasteiger partial charge on any atom is 0.239 e. The number of amides is 1. The predicted molar refractivity (Wildman–Crippen MR) is 50.7 cm³/mol. The fourth-order valence-electron chi connectivity index (χ4n) is 0.908. The fourth-order valence-corrected chi connectivity index (χ4v) is 0.908. The van der Waals surface area contributed by atoms with Crippen LogP contribution in [0.2, 0.25) is 0 Å². The number of likely N-dealkylation sites (N-methyl/N-ethyl adjacent to an activating group) is 1. The lowest BCUT2D eigenvalue weighted by Gasteiger charge is -2.23. The lowest BCUT2D eigenvalue weighted by atomic mass is 9.99. The summed E-state index contributed by atoms with van der Waals surface area (Å²) in [5, 5.41) is 0. The van der Waals surface area contributed by atoms with Crippen LogP contribution in [0.5, 0.6) is 0 Å². The van der Waals surface area contributed by atoms with Gasteiger partial charge >= 0.3 is 0 Å². The van der Waals surface area contributed by atoms with Gasteiger partial charge in [-0.25, -0.2) is 0 Å². The Labute approximate surface area is 74.9 Å². The molecule has 3 nitrogen and oxygen atoms in total. The molecule has 3 heteroatoms. The molecule has 1 unspecified atom stereocenters. The summed E-state index contributed by atoms with van der Waals surface area (Å²) in [7, 11) is 1.78. The van der Waals surface area contributed by atoms with Crippen molar-refractivity contribution in [2.75, 3.05) is 13.6 Å². The first kappa shape index (κ1) is 11.4. The van der Waals surface area contributed by atoms with Gasteiger partial charge in [-0.1, -0.05) is 20.3 Å². The van der Waals surface area contributed by atoms with E-state index >= 15 is 0 Å². The van der Waals surface area contributed by atoms with E-state index in [1.807, 2.05) is 20.8 Å². The molecule has 72 valence electrons. The second-order valence-electron chi connectivity index (χ2n) is 3.26. The monoisotopic (exact) mass is 172 g/mol. The first-order chi connectivity index (χ1) is 5.54. The lowest BCUT2D eigenvalue weighted by molar-refractivity contribution is -0.132. The van der Waals surface area contributed by atoms with Gasteiger partial charge in [-0.3, -0.25) is 4.79 Å². The van der Waals surface area contributed by atoms with E-state index in [0.717, 1.165) is 13.0 Å².